The van der Waals surface area contributed by atoms with Crippen molar-refractivity contribution in [3.63, 3.8) is 0 Å². The Labute approximate surface area is 74.0 Å². The summed E-state index contributed by atoms with van der Waals surface area (Å²) in [5, 5.41) is 24.7. The van der Waals surface area contributed by atoms with Gasteiger partial charge < -0.3 is 15.1 Å². The standard InChI is InChI=1S/C7H10O6/c8-6(9)4-5(7(10)11)2-1-3-13-12/h1,3,5,12H,2,4H2,(H,8,9)(H,10,11). The van der Waals surface area contributed by atoms with Crippen molar-refractivity contribution in [2.45, 2.75) is 12.8 Å². The van der Waals surface area contributed by atoms with E-state index in [9.17, 15) is 9.59 Å². The molecule has 6 nitrogen and oxygen atoms in total. The molecular weight excluding hydrogens is 180 g/mol. The van der Waals surface area contributed by atoms with Crippen LogP contribution in [0.5, 0.6) is 0 Å². The van der Waals surface area contributed by atoms with E-state index in [4.69, 9.17) is 15.5 Å². The molecule has 0 spiro atoms. The first-order chi connectivity index (χ1) is 6.07. The first kappa shape index (κ1) is 11.4. The minimum Gasteiger partial charge on any atom is -0.481 e. The van der Waals surface area contributed by atoms with Crippen LogP contribution in [-0.2, 0) is 14.5 Å². The number of carboxylic acid groups (broad SMARTS) is 2. The Kier molecular flexibility index (Phi) is 5.29. The minimum absolute atomic E-state index is 0.00218. The van der Waals surface area contributed by atoms with Crippen molar-refractivity contribution in [2.75, 3.05) is 0 Å². The van der Waals surface area contributed by atoms with Crippen LogP contribution in [0.25, 0.3) is 0 Å². The highest BCUT2D eigenvalue weighted by atomic mass is 17.1. The van der Waals surface area contributed by atoms with Gasteiger partial charge in [0, 0.05) is 0 Å². The summed E-state index contributed by atoms with van der Waals surface area (Å²) in [6, 6.07) is 0. The van der Waals surface area contributed by atoms with E-state index in [1.165, 1.54) is 6.08 Å². The number of rotatable bonds is 6. The summed E-state index contributed by atoms with van der Waals surface area (Å²) in [7, 11) is 0. The fourth-order valence-electron chi connectivity index (χ4n) is 0.745. The first-order valence-corrected chi connectivity index (χ1v) is 3.47. The molecule has 6 heteroatoms. The molecule has 3 N–H and O–H groups in total. The lowest BCUT2D eigenvalue weighted by Crippen LogP contribution is -2.16. The van der Waals surface area contributed by atoms with Gasteiger partial charge >= 0.3 is 11.9 Å². The number of aliphatic carboxylic acids is 2. The zero-order valence-corrected chi connectivity index (χ0v) is 6.71. The Hall–Kier alpha value is -1.56. The lowest BCUT2D eigenvalue weighted by Gasteiger charge is -2.04. The van der Waals surface area contributed by atoms with E-state index in [2.05, 4.69) is 4.89 Å². The third-order valence-electron chi connectivity index (χ3n) is 1.35. The van der Waals surface area contributed by atoms with Gasteiger partial charge in [0.05, 0.1) is 12.3 Å². The van der Waals surface area contributed by atoms with Gasteiger partial charge in [0.15, 0.2) is 0 Å². The Balaban J connectivity index is 4.02. The maximum atomic E-state index is 10.4. The Morgan fingerprint density at radius 2 is 2.00 bits per heavy atom. The number of hydrogen-bond acceptors (Lipinski definition) is 4. The lowest BCUT2D eigenvalue weighted by molar-refractivity contribution is -0.186. The van der Waals surface area contributed by atoms with Gasteiger partial charge in [0.25, 0.3) is 0 Å². The van der Waals surface area contributed by atoms with E-state index in [1.807, 2.05) is 0 Å². The molecule has 0 aromatic rings. The third-order valence-corrected chi connectivity index (χ3v) is 1.35. The van der Waals surface area contributed by atoms with Crippen molar-refractivity contribution in [1.29, 1.82) is 0 Å². The van der Waals surface area contributed by atoms with Gasteiger partial charge in [0.2, 0.25) is 0 Å². The van der Waals surface area contributed by atoms with Crippen LogP contribution in [0.1, 0.15) is 12.8 Å². The maximum absolute atomic E-state index is 10.4. The van der Waals surface area contributed by atoms with E-state index in [0.29, 0.717) is 0 Å². The highest BCUT2D eigenvalue weighted by molar-refractivity contribution is 5.77. The smallest absolute Gasteiger partial charge is 0.307 e. The molecule has 0 bridgehead atoms. The first-order valence-electron chi connectivity index (χ1n) is 3.47. The van der Waals surface area contributed by atoms with Gasteiger partial charge in [-0.05, 0) is 12.5 Å². The number of carboxylic acids is 2. The quantitative estimate of drug-likeness (QED) is 0.321. The monoisotopic (exact) mass is 190 g/mol. The van der Waals surface area contributed by atoms with Crippen molar-refractivity contribution in [3.05, 3.63) is 12.3 Å². The molecule has 0 aromatic heterocycles. The second kappa shape index (κ2) is 6.01. The molecular formula is C7H10O6. The summed E-state index contributed by atoms with van der Waals surface area (Å²) in [6.45, 7) is 0. The normalized spacial score (nSPS) is 12.7. The summed E-state index contributed by atoms with van der Waals surface area (Å²) in [4.78, 5) is 24.2. The largest absolute Gasteiger partial charge is 0.481 e. The number of allylic oxidation sites excluding steroid dienone is 1. The van der Waals surface area contributed by atoms with Crippen molar-refractivity contribution in [3.8, 4) is 0 Å². The Bertz CT molecular complexity index is 209. The molecule has 0 aliphatic rings. The number of carbonyl (C=O) groups is 2. The molecule has 0 saturated heterocycles. The van der Waals surface area contributed by atoms with Crippen LogP contribution in [-0.4, -0.2) is 27.4 Å². The molecule has 0 saturated carbocycles. The molecule has 1 atom stereocenters. The summed E-state index contributed by atoms with van der Waals surface area (Å²) in [5.74, 6) is -3.36. The molecule has 0 heterocycles. The average Bonchev–Trinajstić information content (AvgIpc) is 2.02. The SMILES string of the molecule is O=C(O)CC(CC=COO)C(=O)O. The fraction of sp³-hybridized carbons (Fsp3) is 0.429. The van der Waals surface area contributed by atoms with Gasteiger partial charge in [-0.1, -0.05) is 0 Å². The predicted molar refractivity (Wildman–Crippen MR) is 40.8 cm³/mol. The maximum Gasteiger partial charge on any atom is 0.307 e. The molecule has 0 amide bonds. The van der Waals surface area contributed by atoms with E-state index in [1.54, 1.807) is 0 Å². The molecule has 74 valence electrons. The Morgan fingerprint density at radius 3 is 2.38 bits per heavy atom. The summed E-state index contributed by atoms with van der Waals surface area (Å²) >= 11 is 0. The van der Waals surface area contributed by atoms with Gasteiger partial charge in [0.1, 0.15) is 6.26 Å². The predicted octanol–water partition coefficient (Wildman–Crippen LogP) is 0.555. The second-order valence-electron chi connectivity index (χ2n) is 2.35. The van der Waals surface area contributed by atoms with E-state index in [0.717, 1.165) is 6.26 Å². The number of hydrogen-bond donors (Lipinski definition) is 3. The van der Waals surface area contributed by atoms with Crippen LogP contribution in [0.3, 0.4) is 0 Å². The molecule has 0 aliphatic carbocycles. The van der Waals surface area contributed by atoms with Crippen molar-refractivity contribution < 1.29 is 29.9 Å². The van der Waals surface area contributed by atoms with Crippen LogP contribution in [0, 0.1) is 5.92 Å². The molecule has 0 aliphatic heterocycles. The molecule has 1 unspecified atom stereocenters. The zero-order chi connectivity index (χ0) is 10.3. The fourth-order valence-corrected chi connectivity index (χ4v) is 0.745. The second-order valence-corrected chi connectivity index (χ2v) is 2.35. The summed E-state index contributed by atoms with van der Waals surface area (Å²) in [5.41, 5.74) is 0. The lowest BCUT2D eigenvalue weighted by atomic mass is 10.0. The highest BCUT2D eigenvalue weighted by Gasteiger charge is 2.19. The summed E-state index contributed by atoms with van der Waals surface area (Å²) in [6.07, 6.45) is 1.67. The van der Waals surface area contributed by atoms with Crippen LogP contribution in [0.15, 0.2) is 12.3 Å². The molecule has 0 aromatic carbocycles. The van der Waals surface area contributed by atoms with E-state index < -0.39 is 24.3 Å². The van der Waals surface area contributed by atoms with Gasteiger partial charge in [-0.25, -0.2) is 5.26 Å². The zero-order valence-electron chi connectivity index (χ0n) is 6.71. The van der Waals surface area contributed by atoms with Crippen LogP contribution in [0.4, 0.5) is 0 Å². The van der Waals surface area contributed by atoms with Gasteiger partial charge in [-0.3, -0.25) is 9.59 Å². The van der Waals surface area contributed by atoms with Gasteiger partial charge in [-0.15, -0.1) is 0 Å². The highest BCUT2D eigenvalue weighted by Crippen LogP contribution is 2.09. The third kappa shape index (κ3) is 5.68. The van der Waals surface area contributed by atoms with Crippen LogP contribution in [0.2, 0.25) is 0 Å². The van der Waals surface area contributed by atoms with Crippen LogP contribution < -0.4 is 0 Å². The summed E-state index contributed by atoms with van der Waals surface area (Å²) < 4.78 is 0. The van der Waals surface area contributed by atoms with Crippen LogP contribution >= 0.6 is 0 Å². The molecule has 0 radical (unpaired) electrons. The van der Waals surface area contributed by atoms with Gasteiger partial charge in [-0.2, -0.15) is 0 Å². The van der Waals surface area contributed by atoms with E-state index in [-0.39, 0.29) is 6.42 Å². The van der Waals surface area contributed by atoms with Crippen molar-refractivity contribution in [1.82, 2.24) is 0 Å². The molecule has 0 fully saturated rings. The minimum atomic E-state index is -1.19. The Morgan fingerprint density at radius 1 is 1.38 bits per heavy atom. The average molecular weight is 190 g/mol. The van der Waals surface area contributed by atoms with Crippen molar-refractivity contribution in [2.24, 2.45) is 5.92 Å². The molecule has 13 heavy (non-hydrogen) atoms. The van der Waals surface area contributed by atoms with Crippen molar-refractivity contribution >= 4 is 11.9 Å². The molecule has 0 rings (SSSR count). The van der Waals surface area contributed by atoms with E-state index >= 15 is 0 Å². The topological polar surface area (TPSA) is 104 Å².